The minimum Gasteiger partial charge on any atom is -0.480 e. The van der Waals surface area contributed by atoms with Crippen LogP contribution in [0.25, 0.3) is 22.4 Å². The predicted octanol–water partition coefficient (Wildman–Crippen LogP) is 6.24. The Morgan fingerprint density at radius 1 is 0.881 bits per heavy atom. The molecule has 1 amide bonds. The van der Waals surface area contributed by atoms with Crippen LogP contribution in [0.1, 0.15) is 53.7 Å². The summed E-state index contributed by atoms with van der Waals surface area (Å²) in [6, 6.07) is 25.3. The van der Waals surface area contributed by atoms with Gasteiger partial charge in [-0.25, -0.2) is 14.4 Å². The van der Waals surface area contributed by atoms with Gasteiger partial charge in [-0.15, -0.1) is 0 Å². The number of carboxylic acid groups (broad SMARTS) is 1. The highest BCUT2D eigenvalue weighted by Gasteiger charge is 2.30. The summed E-state index contributed by atoms with van der Waals surface area (Å²) in [4.78, 5) is 41.4. The first kappa shape index (κ1) is 28.5. The number of carboxylic acids is 1. The Morgan fingerprint density at radius 2 is 1.50 bits per heavy atom. The normalized spacial score (nSPS) is 13.0. The number of esters is 1. The van der Waals surface area contributed by atoms with E-state index in [-0.39, 0.29) is 18.9 Å². The number of aliphatic carboxylic acids is 1. The van der Waals surface area contributed by atoms with Gasteiger partial charge in [0.05, 0.1) is 11.3 Å². The Hall–Kier alpha value is -4.98. The summed E-state index contributed by atoms with van der Waals surface area (Å²) >= 11 is 0. The van der Waals surface area contributed by atoms with Crippen LogP contribution in [0.15, 0.2) is 91.1 Å². The van der Waals surface area contributed by atoms with Gasteiger partial charge < -0.3 is 19.9 Å². The molecule has 1 heterocycles. The highest BCUT2D eigenvalue weighted by Crippen LogP contribution is 2.44. The lowest BCUT2D eigenvalue weighted by Gasteiger charge is -2.19. The van der Waals surface area contributed by atoms with Crippen LogP contribution >= 0.6 is 0 Å². The summed E-state index contributed by atoms with van der Waals surface area (Å²) in [6.07, 6.45) is 0.815. The number of alkyl carbamates (subject to hydrolysis) is 1. The fourth-order valence-corrected chi connectivity index (χ4v) is 5.05. The lowest BCUT2D eigenvalue weighted by molar-refractivity contribution is -0.139. The molecular formula is C34H32N2O6. The fourth-order valence-electron chi connectivity index (χ4n) is 5.05. The molecule has 0 radical (unpaired) electrons. The predicted molar refractivity (Wildman–Crippen MR) is 158 cm³/mol. The van der Waals surface area contributed by atoms with Gasteiger partial charge in [-0.2, -0.15) is 0 Å². The molecule has 0 bridgehead atoms. The number of rotatable bonds is 8. The van der Waals surface area contributed by atoms with E-state index in [0.717, 1.165) is 27.8 Å². The molecule has 42 heavy (non-hydrogen) atoms. The zero-order valence-electron chi connectivity index (χ0n) is 23.7. The molecule has 1 aromatic heterocycles. The van der Waals surface area contributed by atoms with Gasteiger partial charge in [-0.05, 0) is 66.8 Å². The number of ether oxygens (including phenoxy) is 2. The molecule has 5 rings (SSSR count). The summed E-state index contributed by atoms with van der Waals surface area (Å²) in [5.74, 6) is -1.70. The van der Waals surface area contributed by atoms with Gasteiger partial charge in [0, 0.05) is 24.1 Å². The second kappa shape index (κ2) is 11.9. The van der Waals surface area contributed by atoms with Gasteiger partial charge in [0.15, 0.2) is 0 Å². The molecule has 0 saturated carbocycles. The molecule has 0 spiro atoms. The van der Waals surface area contributed by atoms with Crippen molar-refractivity contribution in [3.8, 4) is 22.4 Å². The third kappa shape index (κ3) is 6.49. The van der Waals surface area contributed by atoms with Gasteiger partial charge in [0.1, 0.15) is 18.2 Å². The monoisotopic (exact) mass is 564 g/mol. The zero-order valence-corrected chi connectivity index (χ0v) is 23.7. The van der Waals surface area contributed by atoms with Crippen LogP contribution < -0.4 is 5.32 Å². The first-order valence-corrected chi connectivity index (χ1v) is 13.7. The molecule has 214 valence electrons. The Bertz CT molecular complexity index is 1560. The summed E-state index contributed by atoms with van der Waals surface area (Å²) in [6.45, 7) is 5.53. The number of nitrogens with zero attached hydrogens (tertiary/aromatic N) is 1. The largest absolute Gasteiger partial charge is 0.480 e. The number of amides is 1. The second-order valence-electron chi connectivity index (χ2n) is 11.2. The van der Waals surface area contributed by atoms with Crippen LogP contribution in [0.2, 0.25) is 0 Å². The van der Waals surface area contributed by atoms with Crippen LogP contribution in [-0.2, 0) is 20.7 Å². The Labute approximate surface area is 244 Å². The summed E-state index contributed by atoms with van der Waals surface area (Å²) in [7, 11) is 0. The Kier molecular flexibility index (Phi) is 8.06. The molecule has 1 atom stereocenters. The van der Waals surface area contributed by atoms with Crippen LogP contribution in [0.4, 0.5) is 4.79 Å². The highest BCUT2D eigenvalue weighted by molar-refractivity contribution is 5.90. The number of nitrogens with one attached hydrogen (secondary N) is 1. The molecule has 8 nitrogen and oxygen atoms in total. The average molecular weight is 565 g/mol. The number of carbonyl (C=O) groups excluding carboxylic acids is 2. The minimum atomic E-state index is -1.19. The van der Waals surface area contributed by atoms with Crippen LogP contribution in [-0.4, -0.2) is 46.4 Å². The standard InChI is InChI=1S/C34H32N2O6/c1-34(2,3)42-32(39)23-15-13-22(14-16-23)29-17-12-21(19-35-29)18-30(31(37)38)36-33(40)41-20-28-26-10-6-4-8-24(26)25-9-5-7-11-27(25)28/h4-17,19,28,30H,18,20H2,1-3H3,(H,36,40)(H,37,38). The van der Waals surface area contributed by atoms with Gasteiger partial charge in [-0.1, -0.05) is 66.7 Å². The highest BCUT2D eigenvalue weighted by atomic mass is 16.6. The van der Waals surface area contributed by atoms with E-state index in [9.17, 15) is 19.5 Å². The van der Waals surface area contributed by atoms with Crippen LogP contribution in [0.5, 0.6) is 0 Å². The smallest absolute Gasteiger partial charge is 0.407 e. The molecule has 1 aliphatic rings. The van der Waals surface area contributed by atoms with Crippen molar-refractivity contribution >= 4 is 18.0 Å². The van der Waals surface area contributed by atoms with Crippen molar-refractivity contribution in [3.05, 3.63) is 113 Å². The van der Waals surface area contributed by atoms with Crippen LogP contribution in [0.3, 0.4) is 0 Å². The molecule has 1 aliphatic carbocycles. The molecule has 2 N–H and O–H groups in total. The van der Waals surface area contributed by atoms with Crippen molar-refractivity contribution in [2.24, 2.45) is 0 Å². The fraction of sp³-hybridized carbons (Fsp3) is 0.235. The first-order valence-electron chi connectivity index (χ1n) is 13.7. The summed E-state index contributed by atoms with van der Waals surface area (Å²) in [5.41, 5.74) is 6.32. The molecule has 8 heteroatoms. The van der Waals surface area contributed by atoms with Crippen LogP contribution in [0, 0.1) is 0 Å². The van der Waals surface area contributed by atoms with Crippen molar-refractivity contribution in [1.29, 1.82) is 0 Å². The third-order valence-electron chi connectivity index (χ3n) is 7.01. The Morgan fingerprint density at radius 3 is 2.05 bits per heavy atom. The van der Waals surface area contributed by atoms with E-state index >= 15 is 0 Å². The van der Waals surface area contributed by atoms with Gasteiger partial charge in [0.2, 0.25) is 0 Å². The van der Waals surface area contributed by atoms with Crippen molar-refractivity contribution < 1.29 is 29.0 Å². The molecule has 0 saturated heterocycles. The number of fused-ring (bicyclic) bond motifs is 3. The zero-order chi connectivity index (χ0) is 29.9. The number of hydrogen-bond donors (Lipinski definition) is 2. The maximum atomic E-state index is 12.7. The van der Waals surface area contributed by atoms with E-state index in [1.807, 2.05) is 69.3 Å². The summed E-state index contributed by atoms with van der Waals surface area (Å²) in [5, 5.41) is 12.3. The summed E-state index contributed by atoms with van der Waals surface area (Å²) < 4.78 is 10.9. The molecule has 1 unspecified atom stereocenters. The Balaban J connectivity index is 1.19. The van der Waals surface area contributed by atoms with E-state index in [4.69, 9.17) is 9.47 Å². The number of pyridine rings is 1. The molecular weight excluding hydrogens is 532 g/mol. The van der Waals surface area contributed by atoms with E-state index in [1.54, 1.807) is 42.6 Å². The first-order chi connectivity index (χ1) is 20.1. The van der Waals surface area contributed by atoms with Crippen molar-refractivity contribution in [2.75, 3.05) is 6.61 Å². The SMILES string of the molecule is CC(C)(C)OC(=O)c1ccc(-c2ccc(CC(NC(=O)OCC3c4ccccc4-c4ccccc43)C(=O)O)cn2)cc1. The molecule has 3 aromatic carbocycles. The van der Waals surface area contributed by atoms with Gasteiger partial charge in [-0.3, -0.25) is 4.98 Å². The second-order valence-corrected chi connectivity index (χ2v) is 11.2. The van der Waals surface area contributed by atoms with Gasteiger partial charge >= 0.3 is 18.0 Å². The van der Waals surface area contributed by atoms with Crippen molar-refractivity contribution in [3.63, 3.8) is 0 Å². The minimum absolute atomic E-state index is 0.0321. The lowest BCUT2D eigenvalue weighted by atomic mass is 9.98. The number of aromatic nitrogens is 1. The average Bonchev–Trinajstić information content (AvgIpc) is 3.29. The molecule has 4 aromatic rings. The van der Waals surface area contributed by atoms with E-state index < -0.39 is 29.7 Å². The number of carbonyl (C=O) groups is 3. The van der Waals surface area contributed by atoms with Gasteiger partial charge in [0.25, 0.3) is 0 Å². The topological polar surface area (TPSA) is 115 Å². The number of hydrogen-bond acceptors (Lipinski definition) is 6. The molecule has 0 aliphatic heterocycles. The maximum Gasteiger partial charge on any atom is 0.407 e. The van der Waals surface area contributed by atoms with E-state index in [1.165, 1.54) is 0 Å². The van der Waals surface area contributed by atoms with Crippen molar-refractivity contribution in [2.45, 2.75) is 44.8 Å². The van der Waals surface area contributed by atoms with E-state index in [0.29, 0.717) is 16.8 Å². The lowest BCUT2D eigenvalue weighted by Crippen LogP contribution is -2.42. The van der Waals surface area contributed by atoms with E-state index in [2.05, 4.69) is 10.3 Å². The quantitative estimate of drug-likeness (QED) is 0.244. The maximum absolute atomic E-state index is 12.7. The van der Waals surface area contributed by atoms with Crippen molar-refractivity contribution in [1.82, 2.24) is 10.3 Å². The molecule has 0 fully saturated rings. The number of benzene rings is 3. The third-order valence-corrected chi connectivity index (χ3v) is 7.01.